The fourth-order valence-corrected chi connectivity index (χ4v) is 6.02. The lowest BCUT2D eigenvalue weighted by molar-refractivity contribution is 0.306. The van der Waals surface area contributed by atoms with Crippen molar-refractivity contribution < 1.29 is 4.74 Å². The number of ether oxygens (including phenoxy) is 1. The van der Waals surface area contributed by atoms with E-state index in [1.54, 1.807) is 11.8 Å². The van der Waals surface area contributed by atoms with Crippen molar-refractivity contribution >= 4 is 57.0 Å². The molecular formula is C11H9BrOS3. The van der Waals surface area contributed by atoms with Crippen molar-refractivity contribution in [3.63, 3.8) is 0 Å². The highest BCUT2D eigenvalue weighted by molar-refractivity contribution is 9.10. The maximum atomic E-state index is 6.07. The fraction of sp³-hybridized carbons (Fsp3) is 0.273. The number of thioether (sulfide) groups is 3. The number of halogens is 1. The lowest BCUT2D eigenvalue weighted by atomic mass is 10.2. The van der Waals surface area contributed by atoms with E-state index in [1.165, 1.54) is 11.5 Å². The highest BCUT2D eigenvalue weighted by Gasteiger charge is 2.42. The molecule has 2 aliphatic heterocycles. The van der Waals surface area contributed by atoms with Gasteiger partial charge in [-0.05, 0) is 12.1 Å². The van der Waals surface area contributed by atoms with Gasteiger partial charge in [0.05, 0.1) is 0 Å². The van der Waals surface area contributed by atoms with Gasteiger partial charge in [-0.2, -0.15) is 0 Å². The van der Waals surface area contributed by atoms with Crippen molar-refractivity contribution in [2.24, 2.45) is 0 Å². The maximum absolute atomic E-state index is 6.07. The first-order chi connectivity index (χ1) is 7.77. The zero-order valence-electron chi connectivity index (χ0n) is 8.31. The number of hydrogen-bond acceptors (Lipinski definition) is 4. The Hall–Kier alpha value is 0.290. The third-order valence-electron chi connectivity index (χ3n) is 2.32. The van der Waals surface area contributed by atoms with Crippen molar-refractivity contribution in [3.05, 3.63) is 39.7 Å². The number of rotatable bonds is 1. The van der Waals surface area contributed by atoms with E-state index in [-0.39, 0.29) is 3.60 Å². The van der Waals surface area contributed by atoms with Gasteiger partial charge in [-0.3, -0.25) is 0 Å². The Labute approximate surface area is 116 Å². The molecule has 3 rings (SSSR count). The van der Waals surface area contributed by atoms with Crippen molar-refractivity contribution in [1.29, 1.82) is 0 Å². The van der Waals surface area contributed by atoms with Gasteiger partial charge in [-0.25, -0.2) is 0 Å². The first kappa shape index (κ1) is 11.4. The van der Waals surface area contributed by atoms with Gasteiger partial charge in [0.15, 0.2) is 0 Å². The van der Waals surface area contributed by atoms with Crippen LogP contribution in [0.15, 0.2) is 34.1 Å². The van der Waals surface area contributed by atoms with Crippen LogP contribution in [0.3, 0.4) is 0 Å². The van der Waals surface area contributed by atoms with Crippen molar-refractivity contribution in [3.8, 4) is 0 Å². The smallest absolute Gasteiger partial charge is 0.253 e. The average molecular weight is 333 g/mol. The molecule has 1 nitrogen and oxygen atoms in total. The summed E-state index contributed by atoms with van der Waals surface area (Å²) in [4.78, 5) is 0. The Bertz CT molecular complexity index is 423. The second-order valence-corrected chi connectivity index (χ2v) is 8.69. The molecule has 84 valence electrons. The van der Waals surface area contributed by atoms with Crippen LogP contribution in [0, 0.1) is 0 Å². The van der Waals surface area contributed by atoms with Gasteiger partial charge in [0.25, 0.3) is 3.60 Å². The van der Waals surface area contributed by atoms with E-state index >= 15 is 0 Å². The Morgan fingerprint density at radius 3 is 2.50 bits per heavy atom. The molecule has 0 aromatic heterocycles. The standard InChI is InChI=1S/C11H9BrOS3/c12-9-3-1-8(2-4-9)10-7-16-11(13-10)14-5-6-15-11/h1-4,7H,5-6H2. The fourth-order valence-electron chi connectivity index (χ4n) is 1.55. The molecule has 16 heavy (non-hydrogen) atoms. The summed E-state index contributed by atoms with van der Waals surface area (Å²) in [5, 5.41) is 2.13. The lowest BCUT2D eigenvalue weighted by Gasteiger charge is -2.20. The van der Waals surface area contributed by atoms with Gasteiger partial charge in [0.2, 0.25) is 0 Å². The monoisotopic (exact) mass is 332 g/mol. The van der Waals surface area contributed by atoms with E-state index in [0.29, 0.717) is 0 Å². The van der Waals surface area contributed by atoms with E-state index in [0.717, 1.165) is 15.8 Å². The average Bonchev–Trinajstić information content (AvgIpc) is 2.91. The normalized spacial score (nSPS) is 22.2. The summed E-state index contributed by atoms with van der Waals surface area (Å²) in [5.41, 5.74) is 1.15. The molecule has 2 heterocycles. The van der Waals surface area contributed by atoms with Crippen LogP contribution >= 0.6 is 51.2 Å². The Morgan fingerprint density at radius 2 is 1.81 bits per heavy atom. The minimum Gasteiger partial charge on any atom is -0.456 e. The van der Waals surface area contributed by atoms with E-state index in [1.807, 2.05) is 35.7 Å². The molecule has 1 fully saturated rings. The van der Waals surface area contributed by atoms with E-state index < -0.39 is 0 Å². The van der Waals surface area contributed by atoms with Crippen LogP contribution in [0.1, 0.15) is 5.56 Å². The number of hydrogen-bond donors (Lipinski definition) is 0. The summed E-state index contributed by atoms with van der Waals surface area (Å²) in [6, 6.07) is 8.26. The van der Waals surface area contributed by atoms with Crippen LogP contribution in [0.4, 0.5) is 0 Å². The molecule has 1 aromatic carbocycles. The Balaban J connectivity index is 1.80. The maximum Gasteiger partial charge on any atom is 0.253 e. The Morgan fingerprint density at radius 1 is 1.12 bits per heavy atom. The zero-order chi connectivity index (χ0) is 11.0. The van der Waals surface area contributed by atoms with Gasteiger partial charge >= 0.3 is 0 Å². The predicted molar refractivity (Wildman–Crippen MR) is 78.4 cm³/mol. The lowest BCUT2D eigenvalue weighted by Crippen LogP contribution is -2.10. The summed E-state index contributed by atoms with van der Waals surface area (Å²) in [6.45, 7) is 0. The van der Waals surface area contributed by atoms with Gasteiger partial charge in [0, 0.05) is 26.9 Å². The molecular weight excluding hydrogens is 324 g/mol. The second kappa shape index (κ2) is 4.52. The minimum atomic E-state index is -0.0948. The summed E-state index contributed by atoms with van der Waals surface area (Å²) in [6.07, 6.45) is 0. The highest BCUT2D eigenvalue weighted by atomic mass is 79.9. The third kappa shape index (κ3) is 2.15. The van der Waals surface area contributed by atoms with Gasteiger partial charge in [0.1, 0.15) is 5.76 Å². The van der Waals surface area contributed by atoms with Crippen LogP contribution < -0.4 is 0 Å². The molecule has 0 bridgehead atoms. The van der Waals surface area contributed by atoms with Crippen LogP contribution in [0.25, 0.3) is 5.76 Å². The van der Waals surface area contributed by atoms with E-state index in [2.05, 4.69) is 33.5 Å². The topological polar surface area (TPSA) is 9.23 Å². The molecule has 1 saturated heterocycles. The van der Waals surface area contributed by atoms with Crippen LogP contribution in [0.2, 0.25) is 0 Å². The molecule has 0 radical (unpaired) electrons. The van der Waals surface area contributed by atoms with Crippen LogP contribution in [-0.2, 0) is 4.74 Å². The molecule has 2 aliphatic rings. The molecule has 0 atom stereocenters. The predicted octanol–water partition coefficient (Wildman–Crippen LogP) is 4.60. The van der Waals surface area contributed by atoms with Gasteiger partial charge < -0.3 is 4.74 Å². The molecule has 1 spiro atoms. The van der Waals surface area contributed by atoms with E-state index in [4.69, 9.17) is 4.74 Å². The SMILES string of the molecule is Brc1ccc(C2=CSC3(O2)SCCS3)cc1. The molecule has 0 unspecified atom stereocenters. The van der Waals surface area contributed by atoms with Crippen molar-refractivity contribution in [2.45, 2.75) is 3.60 Å². The highest BCUT2D eigenvalue weighted by Crippen LogP contribution is 2.59. The zero-order valence-corrected chi connectivity index (χ0v) is 12.3. The van der Waals surface area contributed by atoms with Crippen molar-refractivity contribution in [1.82, 2.24) is 0 Å². The van der Waals surface area contributed by atoms with Crippen LogP contribution in [0.5, 0.6) is 0 Å². The largest absolute Gasteiger partial charge is 0.456 e. The molecule has 0 N–H and O–H groups in total. The molecule has 1 aromatic rings. The van der Waals surface area contributed by atoms with Gasteiger partial charge in [-0.15, -0.1) is 0 Å². The third-order valence-corrected chi connectivity index (χ3v) is 7.49. The minimum absolute atomic E-state index is 0.0948. The summed E-state index contributed by atoms with van der Waals surface area (Å²) < 4.78 is 7.07. The van der Waals surface area contributed by atoms with Crippen LogP contribution in [-0.4, -0.2) is 15.1 Å². The van der Waals surface area contributed by atoms with Gasteiger partial charge in [-0.1, -0.05) is 63.3 Å². The van der Waals surface area contributed by atoms with E-state index in [9.17, 15) is 0 Å². The first-order valence-corrected chi connectivity index (χ1v) is 8.53. The summed E-state index contributed by atoms with van der Waals surface area (Å²) in [7, 11) is 0. The summed E-state index contributed by atoms with van der Waals surface area (Å²) >= 11 is 9.02. The Kier molecular flexibility index (Phi) is 3.21. The second-order valence-electron chi connectivity index (χ2n) is 3.41. The molecule has 0 amide bonds. The molecule has 0 saturated carbocycles. The molecule has 0 aliphatic carbocycles. The first-order valence-electron chi connectivity index (χ1n) is 4.88. The summed E-state index contributed by atoms with van der Waals surface area (Å²) in [5.74, 6) is 3.36. The molecule has 5 heteroatoms. The van der Waals surface area contributed by atoms with Crippen molar-refractivity contribution in [2.75, 3.05) is 11.5 Å². The number of benzene rings is 1. The quantitative estimate of drug-likeness (QED) is 0.742.